The lowest BCUT2D eigenvalue weighted by Gasteiger charge is -2.23. The summed E-state index contributed by atoms with van der Waals surface area (Å²) in [5.74, 6) is -0.901. The van der Waals surface area contributed by atoms with Gasteiger partial charge < -0.3 is 14.4 Å². The lowest BCUT2D eigenvalue weighted by molar-refractivity contribution is -0.870. The Balaban J connectivity index is 3.04. The Hall–Kier alpha value is -0.570. The van der Waals surface area contributed by atoms with Crippen molar-refractivity contribution in [2.24, 2.45) is 0 Å². The number of carboxylic acids is 1. The van der Waals surface area contributed by atoms with Crippen LogP contribution in [0.3, 0.4) is 0 Å². The maximum atomic E-state index is 10.3. The van der Waals surface area contributed by atoms with E-state index in [4.69, 9.17) is 0 Å². The molecule has 0 aromatic heterocycles. The number of carbonyl (C=O) groups is 1. The summed E-state index contributed by atoms with van der Waals surface area (Å²) in [6, 6.07) is 0. The molecule has 0 aliphatic heterocycles. The molecule has 0 aliphatic carbocycles. The topological polar surface area (TPSA) is 40.1 Å². The molecule has 3 nitrogen and oxygen atoms in total. The number of nitrogens with zero attached hydrogens (tertiary/aromatic N) is 1. The van der Waals surface area contributed by atoms with E-state index >= 15 is 0 Å². The Morgan fingerprint density at radius 1 is 0.500 bits per heavy atom. The largest absolute Gasteiger partial charge is 0.550 e. The molecule has 0 unspecified atom stereocenters. The lowest BCUT2D eigenvalue weighted by Crippen LogP contribution is -2.35. The molecule has 0 bridgehead atoms. The second-order valence-corrected chi connectivity index (χ2v) is 9.85. The fourth-order valence-corrected chi connectivity index (χ4v) is 3.86. The standard InChI is InChI=1S/C25H51NO2/c1-26(2,3)24-22-20-18-16-14-12-10-8-6-4-5-7-9-11-13-15-17-19-21-23-25(27)28/h4-24H2,1-3H3. The van der Waals surface area contributed by atoms with Crippen LogP contribution in [0.5, 0.6) is 0 Å². The highest BCUT2D eigenvalue weighted by molar-refractivity contribution is 5.63. The smallest absolute Gasteiger partial charge is 0.0780 e. The Morgan fingerprint density at radius 2 is 0.750 bits per heavy atom. The fraction of sp³-hybridized carbons (Fsp3) is 0.960. The van der Waals surface area contributed by atoms with Crippen molar-refractivity contribution in [3.63, 3.8) is 0 Å². The zero-order chi connectivity index (χ0) is 20.9. The number of carbonyl (C=O) groups excluding carboxylic acids is 1. The van der Waals surface area contributed by atoms with E-state index in [0.717, 1.165) is 17.3 Å². The summed E-state index contributed by atoms with van der Waals surface area (Å²) in [5, 5.41) is 10.3. The molecule has 0 aliphatic rings. The van der Waals surface area contributed by atoms with Crippen LogP contribution in [0.4, 0.5) is 0 Å². The highest BCUT2D eigenvalue weighted by atomic mass is 16.4. The van der Waals surface area contributed by atoms with Crippen LogP contribution < -0.4 is 5.11 Å². The van der Waals surface area contributed by atoms with Gasteiger partial charge in [-0.15, -0.1) is 0 Å². The molecule has 0 aromatic rings. The van der Waals surface area contributed by atoms with Gasteiger partial charge in [0.15, 0.2) is 0 Å². The minimum absolute atomic E-state index is 0.233. The van der Waals surface area contributed by atoms with Crippen molar-refractivity contribution in [1.29, 1.82) is 0 Å². The van der Waals surface area contributed by atoms with Gasteiger partial charge in [-0.3, -0.25) is 0 Å². The number of aliphatic carboxylic acids is 1. The number of hydrogen-bond donors (Lipinski definition) is 0. The van der Waals surface area contributed by atoms with Crippen molar-refractivity contribution < 1.29 is 14.4 Å². The van der Waals surface area contributed by atoms with E-state index in [1.54, 1.807) is 0 Å². The number of carboxylic acid groups (broad SMARTS) is 1. The Kier molecular flexibility index (Phi) is 19.3. The monoisotopic (exact) mass is 397 g/mol. The molecule has 0 atom stereocenters. The van der Waals surface area contributed by atoms with Crippen LogP contribution in [0.25, 0.3) is 0 Å². The molecule has 0 spiro atoms. The predicted octanol–water partition coefficient (Wildman–Crippen LogP) is 6.24. The molecular formula is C25H51NO2. The van der Waals surface area contributed by atoms with Gasteiger partial charge in [0.1, 0.15) is 0 Å². The maximum absolute atomic E-state index is 10.3. The molecule has 168 valence electrons. The molecule has 28 heavy (non-hydrogen) atoms. The van der Waals surface area contributed by atoms with Crippen LogP contribution >= 0.6 is 0 Å². The molecule has 0 rings (SSSR count). The first-order valence-corrected chi connectivity index (χ1v) is 12.4. The quantitative estimate of drug-likeness (QED) is 0.160. The molecule has 0 amide bonds. The van der Waals surface area contributed by atoms with E-state index in [1.807, 2.05) is 0 Å². The molecule has 0 saturated carbocycles. The SMILES string of the molecule is C[N+](C)(C)CCCCCCCCCCCCCCCCCCCCCC(=O)[O-]. The van der Waals surface area contributed by atoms with Gasteiger partial charge in [-0.05, 0) is 25.7 Å². The number of hydrogen-bond acceptors (Lipinski definition) is 2. The van der Waals surface area contributed by atoms with Gasteiger partial charge in [-0.1, -0.05) is 103 Å². The van der Waals surface area contributed by atoms with Gasteiger partial charge >= 0.3 is 0 Å². The molecular weight excluding hydrogens is 346 g/mol. The van der Waals surface area contributed by atoms with E-state index in [2.05, 4.69) is 21.1 Å². The maximum Gasteiger partial charge on any atom is 0.0780 e. The van der Waals surface area contributed by atoms with Crippen LogP contribution in [0.1, 0.15) is 128 Å². The zero-order valence-electron chi connectivity index (χ0n) is 19.6. The van der Waals surface area contributed by atoms with E-state index in [9.17, 15) is 9.90 Å². The van der Waals surface area contributed by atoms with Gasteiger partial charge in [-0.2, -0.15) is 0 Å². The second-order valence-electron chi connectivity index (χ2n) is 9.85. The van der Waals surface area contributed by atoms with E-state index in [1.165, 1.54) is 116 Å². The van der Waals surface area contributed by atoms with E-state index < -0.39 is 5.97 Å². The lowest BCUT2D eigenvalue weighted by atomic mass is 10.0. The number of unbranched alkanes of at least 4 members (excludes halogenated alkanes) is 18. The van der Waals surface area contributed by atoms with Crippen LogP contribution in [0.2, 0.25) is 0 Å². The predicted molar refractivity (Wildman–Crippen MR) is 120 cm³/mol. The third-order valence-corrected chi connectivity index (χ3v) is 5.71. The summed E-state index contributed by atoms with van der Waals surface area (Å²) in [5.41, 5.74) is 0. The van der Waals surface area contributed by atoms with Crippen LogP contribution in [0, 0.1) is 0 Å². The van der Waals surface area contributed by atoms with Gasteiger partial charge in [0.25, 0.3) is 0 Å². The number of rotatable bonds is 22. The highest BCUT2D eigenvalue weighted by Crippen LogP contribution is 2.15. The summed E-state index contributed by atoms with van der Waals surface area (Å²) >= 11 is 0. The zero-order valence-corrected chi connectivity index (χ0v) is 19.6. The average molecular weight is 398 g/mol. The summed E-state index contributed by atoms with van der Waals surface area (Å²) in [6.45, 7) is 1.31. The summed E-state index contributed by atoms with van der Waals surface area (Å²) in [7, 11) is 6.86. The summed E-state index contributed by atoms with van der Waals surface area (Å²) in [6.07, 6.45) is 25.7. The summed E-state index contributed by atoms with van der Waals surface area (Å²) < 4.78 is 1.11. The molecule has 0 heterocycles. The van der Waals surface area contributed by atoms with Crippen LogP contribution in [-0.2, 0) is 4.79 Å². The molecule has 0 radical (unpaired) electrons. The summed E-state index contributed by atoms with van der Waals surface area (Å²) in [4.78, 5) is 10.3. The Labute approximate surface area is 176 Å². The minimum atomic E-state index is -0.901. The molecule has 3 heteroatoms. The van der Waals surface area contributed by atoms with Gasteiger partial charge in [-0.25, -0.2) is 0 Å². The number of quaternary nitrogens is 1. The third-order valence-electron chi connectivity index (χ3n) is 5.71. The molecule has 0 saturated heterocycles. The molecule has 0 N–H and O–H groups in total. The van der Waals surface area contributed by atoms with Gasteiger partial charge in [0.2, 0.25) is 0 Å². The fourth-order valence-electron chi connectivity index (χ4n) is 3.86. The first-order valence-electron chi connectivity index (χ1n) is 12.4. The van der Waals surface area contributed by atoms with Crippen molar-refractivity contribution in [2.45, 2.75) is 128 Å². The van der Waals surface area contributed by atoms with Gasteiger partial charge in [0.05, 0.1) is 27.7 Å². The first-order chi connectivity index (χ1) is 13.4. The Bertz CT molecular complexity index is 336. The van der Waals surface area contributed by atoms with E-state index in [-0.39, 0.29) is 6.42 Å². The van der Waals surface area contributed by atoms with Crippen LogP contribution in [-0.4, -0.2) is 38.1 Å². The van der Waals surface area contributed by atoms with Gasteiger partial charge in [0, 0.05) is 5.97 Å². The minimum Gasteiger partial charge on any atom is -0.550 e. The van der Waals surface area contributed by atoms with Crippen molar-refractivity contribution in [3.8, 4) is 0 Å². The van der Waals surface area contributed by atoms with Crippen molar-refractivity contribution in [2.75, 3.05) is 27.7 Å². The Morgan fingerprint density at radius 3 is 1.00 bits per heavy atom. The second kappa shape index (κ2) is 19.7. The average Bonchev–Trinajstić information content (AvgIpc) is 2.61. The highest BCUT2D eigenvalue weighted by Gasteiger charge is 2.04. The van der Waals surface area contributed by atoms with Crippen molar-refractivity contribution >= 4 is 5.97 Å². The van der Waals surface area contributed by atoms with Crippen molar-refractivity contribution in [1.82, 2.24) is 0 Å². The molecule has 0 aromatic carbocycles. The van der Waals surface area contributed by atoms with Crippen molar-refractivity contribution in [3.05, 3.63) is 0 Å². The van der Waals surface area contributed by atoms with E-state index in [0.29, 0.717) is 0 Å². The normalized spacial score (nSPS) is 11.8. The first kappa shape index (κ1) is 27.4. The molecule has 0 fully saturated rings. The third kappa shape index (κ3) is 25.4. The van der Waals surface area contributed by atoms with Crippen LogP contribution in [0.15, 0.2) is 0 Å².